The SMILES string of the molecule is O=C(NCCn1nc2c(cc1=O)CCC2)c1ccc([N+](=O)[O-])cc1. The molecule has 1 amide bonds. The number of hydrogen-bond donors (Lipinski definition) is 1. The molecule has 1 aliphatic carbocycles. The van der Waals surface area contributed by atoms with Crippen molar-refractivity contribution >= 4 is 11.6 Å². The number of nitrogens with zero attached hydrogens (tertiary/aromatic N) is 3. The third-order valence-corrected chi connectivity index (χ3v) is 3.97. The summed E-state index contributed by atoms with van der Waals surface area (Å²) < 4.78 is 1.36. The van der Waals surface area contributed by atoms with Crippen molar-refractivity contribution in [2.24, 2.45) is 0 Å². The zero-order valence-corrected chi connectivity index (χ0v) is 12.9. The van der Waals surface area contributed by atoms with Crippen LogP contribution in [-0.4, -0.2) is 27.2 Å². The van der Waals surface area contributed by atoms with E-state index in [-0.39, 0.29) is 30.2 Å². The first-order valence-electron chi connectivity index (χ1n) is 7.67. The lowest BCUT2D eigenvalue weighted by Gasteiger charge is -2.08. The molecule has 8 heteroatoms. The second-order valence-corrected chi connectivity index (χ2v) is 5.59. The van der Waals surface area contributed by atoms with Crippen LogP contribution < -0.4 is 10.9 Å². The van der Waals surface area contributed by atoms with E-state index < -0.39 is 4.92 Å². The average Bonchev–Trinajstić information content (AvgIpc) is 3.02. The fourth-order valence-corrected chi connectivity index (χ4v) is 2.71. The van der Waals surface area contributed by atoms with E-state index >= 15 is 0 Å². The van der Waals surface area contributed by atoms with E-state index in [1.54, 1.807) is 6.07 Å². The normalized spacial score (nSPS) is 12.7. The lowest BCUT2D eigenvalue weighted by Crippen LogP contribution is -2.32. The van der Waals surface area contributed by atoms with Crippen LogP contribution in [0.5, 0.6) is 0 Å². The van der Waals surface area contributed by atoms with Gasteiger partial charge in [0.05, 0.1) is 17.2 Å². The second kappa shape index (κ2) is 6.61. The summed E-state index contributed by atoms with van der Waals surface area (Å²) in [7, 11) is 0. The van der Waals surface area contributed by atoms with Gasteiger partial charge in [0, 0.05) is 30.3 Å². The monoisotopic (exact) mass is 328 g/mol. The molecule has 24 heavy (non-hydrogen) atoms. The third-order valence-electron chi connectivity index (χ3n) is 3.97. The Labute approximate surface area is 137 Å². The number of carbonyl (C=O) groups is 1. The molecule has 124 valence electrons. The molecule has 1 aromatic heterocycles. The molecule has 8 nitrogen and oxygen atoms in total. The van der Waals surface area contributed by atoms with Gasteiger partial charge in [0.15, 0.2) is 0 Å². The maximum atomic E-state index is 12.0. The number of amides is 1. The van der Waals surface area contributed by atoms with Gasteiger partial charge in [-0.2, -0.15) is 5.10 Å². The number of carbonyl (C=O) groups excluding carboxylic acids is 1. The summed E-state index contributed by atoms with van der Waals surface area (Å²) in [5.41, 5.74) is 2.07. The van der Waals surface area contributed by atoms with Crippen LogP contribution in [0.4, 0.5) is 5.69 Å². The molecule has 0 saturated carbocycles. The Kier molecular flexibility index (Phi) is 4.37. The van der Waals surface area contributed by atoms with Crippen LogP contribution in [0.15, 0.2) is 35.1 Å². The summed E-state index contributed by atoms with van der Waals surface area (Å²) in [5.74, 6) is -0.348. The van der Waals surface area contributed by atoms with Crippen molar-refractivity contribution in [1.29, 1.82) is 0 Å². The first-order valence-corrected chi connectivity index (χ1v) is 7.67. The standard InChI is InChI=1S/C16H16N4O4/c21-15-10-12-2-1-3-14(12)18-19(15)9-8-17-16(22)11-4-6-13(7-5-11)20(23)24/h4-7,10H,1-3,8-9H2,(H,17,22). The van der Waals surface area contributed by atoms with Crippen molar-refractivity contribution in [3.05, 3.63) is 67.6 Å². The number of nitro groups is 1. The molecule has 0 aliphatic heterocycles. The summed E-state index contributed by atoms with van der Waals surface area (Å²) >= 11 is 0. The molecule has 0 radical (unpaired) electrons. The van der Waals surface area contributed by atoms with Gasteiger partial charge < -0.3 is 5.32 Å². The molecular formula is C16H16N4O4. The van der Waals surface area contributed by atoms with Gasteiger partial charge >= 0.3 is 0 Å². The minimum Gasteiger partial charge on any atom is -0.350 e. The predicted octanol–water partition coefficient (Wildman–Crippen LogP) is 1.07. The predicted molar refractivity (Wildman–Crippen MR) is 86.0 cm³/mol. The number of non-ortho nitro benzene ring substituents is 1. The van der Waals surface area contributed by atoms with Crippen molar-refractivity contribution in [3.8, 4) is 0 Å². The highest BCUT2D eigenvalue weighted by molar-refractivity contribution is 5.94. The van der Waals surface area contributed by atoms with Crippen molar-refractivity contribution in [2.45, 2.75) is 25.8 Å². The van der Waals surface area contributed by atoms with Gasteiger partial charge in [0.25, 0.3) is 17.2 Å². The van der Waals surface area contributed by atoms with E-state index in [1.165, 1.54) is 28.9 Å². The van der Waals surface area contributed by atoms with Gasteiger partial charge in [-0.3, -0.25) is 19.7 Å². The number of aromatic nitrogens is 2. The largest absolute Gasteiger partial charge is 0.350 e. The van der Waals surface area contributed by atoms with Gasteiger partial charge in [-0.15, -0.1) is 0 Å². The highest BCUT2D eigenvalue weighted by Gasteiger charge is 2.15. The minimum atomic E-state index is -0.520. The van der Waals surface area contributed by atoms with Crippen molar-refractivity contribution in [1.82, 2.24) is 15.1 Å². The minimum absolute atomic E-state index is 0.0690. The van der Waals surface area contributed by atoms with Gasteiger partial charge in [0.2, 0.25) is 0 Å². The zero-order chi connectivity index (χ0) is 17.1. The van der Waals surface area contributed by atoms with E-state index in [1.807, 2.05) is 0 Å². The Hall–Kier alpha value is -3.03. The van der Waals surface area contributed by atoms with Crippen LogP contribution in [0.1, 0.15) is 28.0 Å². The summed E-state index contributed by atoms with van der Waals surface area (Å²) in [5, 5.41) is 17.6. The van der Waals surface area contributed by atoms with E-state index in [2.05, 4.69) is 10.4 Å². The molecule has 0 atom stereocenters. The summed E-state index contributed by atoms with van der Waals surface area (Å²) in [6.07, 6.45) is 2.79. The fraction of sp³-hybridized carbons (Fsp3) is 0.312. The summed E-state index contributed by atoms with van der Waals surface area (Å²) in [6, 6.07) is 6.97. The number of hydrogen-bond acceptors (Lipinski definition) is 5. The number of nitrogens with one attached hydrogen (secondary N) is 1. The third kappa shape index (κ3) is 3.32. The number of nitro benzene ring substituents is 1. The van der Waals surface area contributed by atoms with E-state index in [4.69, 9.17) is 0 Å². The van der Waals surface area contributed by atoms with Crippen LogP contribution in [0.2, 0.25) is 0 Å². The van der Waals surface area contributed by atoms with E-state index in [0.717, 1.165) is 30.5 Å². The fourth-order valence-electron chi connectivity index (χ4n) is 2.71. The molecule has 1 aliphatic rings. The number of fused-ring (bicyclic) bond motifs is 1. The van der Waals surface area contributed by atoms with E-state index in [9.17, 15) is 19.7 Å². The molecule has 2 aromatic rings. The Morgan fingerprint density at radius 1 is 1.29 bits per heavy atom. The molecule has 1 heterocycles. The van der Waals surface area contributed by atoms with Crippen LogP contribution in [0.3, 0.4) is 0 Å². The summed E-state index contributed by atoms with van der Waals surface area (Å²) in [4.78, 5) is 34.0. The first kappa shape index (κ1) is 15.9. The molecular weight excluding hydrogens is 312 g/mol. The molecule has 0 fully saturated rings. The van der Waals surface area contributed by atoms with Gasteiger partial charge in [-0.25, -0.2) is 4.68 Å². The van der Waals surface area contributed by atoms with Gasteiger partial charge in [-0.1, -0.05) is 0 Å². The first-order chi connectivity index (χ1) is 11.5. The molecule has 0 unspecified atom stereocenters. The Bertz CT molecular complexity index is 842. The molecule has 0 spiro atoms. The van der Waals surface area contributed by atoms with Crippen LogP contribution >= 0.6 is 0 Å². The van der Waals surface area contributed by atoms with Crippen molar-refractivity contribution < 1.29 is 9.72 Å². The number of rotatable bonds is 5. The molecule has 3 rings (SSSR count). The van der Waals surface area contributed by atoms with Crippen LogP contribution in [0.25, 0.3) is 0 Å². The van der Waals surface area contributed by atoms with Gasteiger partial charge in [0.1, 0.15) is 0 Å². The molecule has 1 N–H and O–H groups in total. The number of aryl methyl sites for hydroxylation is 2. The van der Waals surface area contributed by atoms with Crippen molar-refractivity contribution in [2.75, 3.05) is 6.54 Å². The van der Waals surface area contributed by atoms with Crippen LogP contribution in [-0.2, 0) is 19.4 Å². The lowest BCUT2D eigenvalue weighted by atomic mass is 10.2. The maximum Gasteiger partial charge on any atom is 0.269 e. The smallest absolute Gasteiger partial charge is 0.269 e. The second-order valence-electron chi connectivity index (χ2n) is 5.59. The lowest BCUT2D eigenvalue weighted by molar-refractivity contribution is -0.384. The van der Waals surface area contributed by atoms with Crippen LogP contribution in [0, 0.1) is 10.1 Å². The average molecular weight is 328 g/mol. The van der Waals surface area contributed by atoms with Gasteiger partial charge in [-0.05, 0) is 37.0 Å². The zero-order valence-electron chi connectivity index (χ0n) is 12.9. The Morgan fingerprint density at radius 2 is 2.04 bits per heavy atom. The summed E-state index contributed by atoms with van der Waals surface area (Å²) in [6.45, 7) is 0.534. The van der Waals surface area contributed by atoms with E-state index in [0.29, 0.717) is 5.56 Å². The molecule has 1 aromatic carbocycles. The highest BCUT2D eigenvalue weighted by Crippen LogP contribution is 2.16. The quantitative estimate of drug-likeness (QED) is 0.652. The highest BCUT2D eigenvalue weighted by atomic mass is 16.6. The van der Waals surface area contributed by atoms with Crippen molar-refractivity contribution in [3.63, 3.8) is 0 Å². The Morgan fingerprint density at radius 3 is 2.75 bits per heavy atom. The molecule has 0 saturated heterocycles. The Balaban J connectivity index is 1.59. The molecule has 0 bridgehead atoms. The topological polar surface area (TPSA) is 107 Å². The number of benzene rings is 1. The maximum absolute atomic E-state index is 12.0.